The predicted molar refractivity (Wildman–Crippen MR) is 82.4 cm³/mol. The topological polar surface area (TPSA) is 67.3 Å². The fourth-order valence-corrected chi connectivity index (χ4v) is 3.32. The Morgan fingerprint density at radius 3 is 2.62 bits per heavy atom. The van der Waals surface area contributed by atoms with Crippen LogP contribution in [0.25, 0.3) is 21.2 Å². The van der Waals surface area contributed by atoms with Crippen LogP contribution >= 0.6 is 11.3 Å². The third-order valence-corrected chi connectivity index (χ3v) is 4.47. The molecule has 2 heterocycles. The zero-order chi connectivity index (χ0) is 17.5. The fourth-order valence-electron chi connectivity index (χ4n) is 2.35. The number of fused-ring (bicyclic) bond motifs is 1. The van der Waals surface area contributed by atoms with Crippen LogP contribution in [0.15, 0.2) is 36.5 Å². The van der Waals surface area contributed by atoms with Gasteiger partial charge >= 0.3 is 12.1 Å². The highest BCUT2D eigenvalue weighted by Crippen LogP contribution is 2.37. The molecule has 3 aromatic rings. The number of benzene rings is 1. The minimum absolute atomic E-state index is 0.237. The standard InChI is InChI=1S/C16H8F3NO3S/c17-16(18,19)9-3-1-2-8(4-9)12-6-20-13(15(22)23)14-11(12)5-10(7-21)24-14/h1-7H,(H,22,23). The average Bonchev–Trinajstić information content (AvgIpc) is 2.97. The van der Waals surface area contributed by atoms with E-state index in [0.717, 1.165) is 23.5 Å². The molecule has 1 N–H and O–H groups in total. The number of carboxylic acids is 1. The van der Waals surface area contributed by atoms with Gasteiger partial charge in [-0.3, -0.25) is 4.79 Å². The molecule has 0 saturated carbocycles. The van der Waals surface area contributed by atoms with E-state index in [1.807, 2.05) is 0 Å². The number of halogens is 3. The summed E-state index contributed by atoms with van der Waals surface area (Å²) >= 11 is 0.937. The highest BCUT2D eigenvalue weighted by atomic mass is 32.1. The van der Waals surface area contributed by atoms with Crippen LogP contribution in [-0.2, 0) is 6.18 Å². The van der Waals surface area contributed by atoms with Crippen molar-refractivity contribution in [3.63, 3.8) is 0 Å². The molecule has 3 rings (SSSR count). The minimum atomic E-state index is -4.49. The van der Waals surface area contributed by atoms with Crippen LogP contribution in [0.5, 0.6) is 0 Å². The first kappa shape index (κ1) is 16.1. The summed E-state index contributed by atoms with van der Waals surface area (Å²) in [4.78, 5) is 26.3. The van der Waals surface area contributed by atoms with Gasteiger partial charge in [-0.2, -0.15) is 13.2 Å². The monoisotopic (exact) mass is 351 g/mol. The van der Waals surface area contributed by atoms with Gasteiger partial charge < -0.3 is 5.11 Å². The largest absolute Gasteiger partial charge is 0.476 e. The Hall–Kier alpha value is -2.74. The number of carboxylic acid groups (broad SMARTS) is 1. The molecule has 0 aliphatic rings. The first-order valence-corrected chi connectivity index (χ1v) is 7.41. The van der Waals surface area contributed by atoms with Gasteiger partial charge in [-0.1, -0.05) is 12.1 Å². The first-order chi connectivity index (χ1) is 11.3. The molecule has 0 radical (unpaired) electrons. The van der Waals surface area contributed by atoms with Crippen LogP contribution in [0, 0.1) is 0 Å². The molecule has 2 aromatic heterocycles. The van der Waals surface area contributed by atoms with E-state index < -0.39 is 17.7 Å². The summed E-state index contributed by atoms with van der Waals surface area (Å²) < 4.78 is 38.9. The lowest BCUT2D eigenvalue weighted by molar-refractivity contribution is -0.137. The molecule has 0 aliphatic carbocycles. The maximum absolute atomic E-state index is 12.9. The Morgan fingerprint density at radius 2 is 2.00 bits per heavy atom. The normalized spacial score (nSPS) is 11.6. The van der Waals surface area contributed by atoms with Gasteiger partial charge in [-0.25, -0.2) is 9.78 Å². The van der Waals surface area contributed by atoms with Crippen LogP contribution in [0.1, 0.15) is 25.7 Å². The Balaban J connectivity index is 2.28. The molecule has 1 aromatic carbocycles. The van der Waals surface area contributed by atoms with Gasteiger partial charge in [0.25, 0.3) is 0 Å². The molecule has 24 heavy (non-hydrogen) atoms. The highest BCUT2D eigenvalue weighted by Gasteiger charge is 2.30. The Morgan fingerprint density at radius 1 is 1.25 bits per heavy atom. The molecule has 0 atom stereocenters. The molecular weight excluding hydrogens is 343 g/mol. The number of pyridine rings is 1. The van der Waals surface area contributed by atoms with Crippen LogP contribution in [0.4, 0.5) is 13.2 Å². The van der Waals surface area contributed by atoms with Gasteiger partial charge in [0, 0.05) is 17.1 Å². The summed E-state index contributed by atoms with van der Waals surface area (Å²) in [6.07, 6.45) is -2.72. The van der Waals surface area contributed by atoms with Crippen molar-refractivity contribution in [1.82, 2.24) is 4.98 Å². The summed E-state index contributed by atoms with van der Waals surface area (Å²) in [5.41, 5.74) is -0.472. The van der Waals surface area contributed by atoms with Crippen LogP contribution < -0.4 is 0 Å². The average molecular weight is 351 g/mol. The summed E-state index contributed by atoms with van der Waals surface area (Å²) in [7, 11) is 0. The van der Waals surface area contributed by atoms with Crippen molar-refractivity contribution in [2.24, 2.45) is 0 Å². The zero-order valence-corrected chi connectivity index (χ0v) is 12.6. The van der Waals surface area contributed by atoms with E-state index in [2.05, 4.69) is 4.98 Å². The molecule has 0 unspecified atom stereocenters. The fraction of sp³-hybridized carbons (Fsp3) is 0.0625. The Labute approximate surface area is 137 Å². The Bertz CT molecular complexity index is 963. The number of nitrogens with zero attached hydrogens (tertiary/aromatic N) is 1. The lowest BCUT2D eigenvalue weighted by atomic mass is 10.0. The van der Waals surface area contributed by atoms with E-state index in [1.54, 1.807) is 0 Å². The number of hydrogen-bond donors (Lipinski definition) is 1. The molecule has 8 heteroatoms. The SMILES string of the molecule is O=Cc1cc2c(-c3cccc(C(F)(F)F)c3)cnc(C(=O)O)c2s1. The van der Waals surface area contributed by atoms with E-state index in [0.29, 0.717) is 17.2 Å². The van der Waals surface area contributed by atoms with Gasteiger partial charge in [0.15, 0.2) is 12.0 Å². The molecule has 0 amide bonds. The number of hydrogen-bond acceptors (Lipinski definition) is 4. The van der Waals surface area contributed by atoms with E-state index in [9.17, 15) is 27.9 Å². The maximum atomic E-state index is 12.9. The number of aromatic nitrogens is 1. The second-order valence-corrected chi connectivity index (χ2v) is 6.00. The quantitative estimate of drug-likeness (QED) is 0.706. The van der Waals surface area contributed by atoms with E-state index >= 15 is 0 Å². The van der Waals surface area contributed by atoms with Gasteiger partial charge in [-0.15, -0.1) is 11.3 Å². The smallest absolute Gasteiger partial charge is 0.416 e. The molecular formula is C16H8F3NO3S. The van der Waals surface area contributed by atoms with Gasteiger partial charge in [0.1, 0.15) is 0 Å². The van der Waals surface area contributed by atoms with Crippen molar-refractivity contribution in [3.05, 3.63) is 52.7 Å². The van der Waals surface area contributed by atoms with E-state index in [1.165, 1.54) is 24.4 Å². The van der Waals surface area contributed by atoms with Crippen LogP contribution in [0.2, 0.25) is 0 Å². The zero-order valence-electron chi connectivity index (χ0n) is 11.8. The first-order valence-electron chi connectivity index (χ1n) is 6.60. The lowest BCUT2D eigenvalue weighted by Crippen LogP contribution is -2.04. The van der Waals surface area contributed by atoms with Crippen molar-refractivity contribution in [3.8, 4) is 11.1 Å². The molecule has 122 valence electrons. The summed E-state index contributed by atoms with van der Waals surface area (Å²) in [5, 5.41) is 9.57. The van der Waals surface area contributed by atoms with Crippen LogP contribution in [-0.4, -0.2) is 22.3 Å². The molecule has 4 nitrogen and oxygen atoms in total. The summed E-state index contributed by atoms with van der Waals surface area (Å²) in [6.45, 7) is 0. The lowest BCUT2D eigenvalue weighted by Gasteiger charge is -2.10. The minimum Gasteiger partial charge on any atom is -0.476 e. The number of aldehydes is 1. The molecule has 0 fully saturated rings. The molecule has 0 aliphatic heterocycles. The van der Waals surface area contributed by atoms with Gasteiger partial charge in [0.2, 0.25) is 0 Å². The number of thiophene rings is 1. The third-order valence-electron chi connectivity index (χ3n) is 3.40. The third kappa shape index (κ3) is 2.76. The molecule has 0 spiro atoms. The second kappa shape index (κ2) is 5.72. The number of alkyl halides is 3. The van der Waals surface area contributed by atoms with Crippen molar-refractivity contribution < 1.29 is 27.9 Å². The number of aromatic carboxylic acids is 1. The van der Waals surface area contributed by atoms with E-state index in [-0.39, 0.29) is 20.8 Å². The van der Waals surface area contributed by atoms with Crippen molar-refractivity contribution >= 4 is 33.7 Å². The predicted octanol–water partition coefficient (Wildman–Crippen LogP) is 4.49. The summed E-state index contributed by atoms with van der Waals surface area (Å²) in [6, 6.07) is 6.11. The Kier molecular flexibility index (Phi) is 3.84. The van der Waals surface area contributed by atoms with Crippen molar-refractivity contribution in [2.75, 3.05) is 0 Å². The van der Waals surface area contributed by atoms with Crippen molar-refractivity contribution in [1.29, 1.82) is 0 Å². The highest BCUT2D eigenvalue weighted by molar-refractivity contribution is 7.21. The van der Waals surface area contributed by atoms with Crippen molar-refractivity contribution in [2.45, 2.75) is 6.18 Å². The molecule has 0 bridgehead atoms. The maximum Gasteiger partial charge on any atom is 0.416 e. The second-order valence-electron chi connectivity index (χ2n) is 4.91. The van der Waals surface area contributed by atoms with E-state index in [4.69, 9.17) is 0 Å². The summed E-state index contributed by atoms with van der Waals surface area (Å²) in [5.74, 6) is -1.27. The number of carbonyl (C=O) groups is 2. The number of rotatable bonds is 3. The number of carbonyl (C=O) groups excluding carboxylic acids is 1. The van der Waals surface area contributed by atoms with Gasteiger partial charge in [-0.05, 0) is 23.8 Å². The van der Waals surface area contributed by atoms with Gasteiger partial charge in [0.05, 0.1) is 15.1 Å². The molecule has 0 saturated heterocycles. The van der Waals surface area contributed by atoms with Crippen LogP contribution in [0.3, 0.4) is 0 Å².